The van der Waals surface area contributed by atoms with Gasteiger partial charge in [-0.25, -0.2) is 8.78 Å². The summed E-state index contributed by atoms with van der Waals surface area (Å²) in [5.74, 6) is -1.68. The number of rotatable bonds is 3. The van der Waals surface area contributed by atoms with Crippen LogP contribution in [0.15, 0.2) is 34.9 Å². The molecule has 1 aromatic heterocycles. The molecule has 3 aromatic rings. The van der Waals surface area contributed by atoms with Crippen molar-refractivity contribution in [3.63, 3.8) is 0 Å². The van der Waals surface area contributed by atoms with Crippen molar-refractivity contribution in [2.24, 2.45) is 0 Å². The number of carbonyl (C=O) groups excluding carboxylic acids is 1. The Bertz CT molecular complexity index is 1090. The summed E-state index contributed by atoms with van der Waals surface area (Å²) in [6.45, 7) is 0.892. The van der Waals surface area contributed by atoms with Crippen LogP contribution in [0.1, 0.15) is 35.0 Å². The molecule has 1 fully saturated rings. The number of carbonyl (C=O) groups is 1. The standard InChI is InChI=1S/C20H14Cl3F2N3O2/c21-12-8-13(22)17(14(23)9-12)20(29)28-5-3-10(4-6-28)19-26-18(27-30-19)11-1-2-15(24)16(25)7-11/h1-2,7-10H,3-6H2. The lowest BCUT2D eigenvalue weighted by Gasteiger charge is -2.30. The number of halogens is 5. The summed E-state index contributed by atoms with van der Waals surface area (Å²) < 4.78 is 31.9. The van der Waals surface area contributed by atoms with E-state index in [1.807, 2.05) is 0 Å². The molecule has 0 radical (unpaired) electrons. The predicted molar refractivity (Wildman–Crippen MR) is 109 cm³/mol. The van der Waals surface area contributed by atoms with Crippen LogP contribution < -0.4 is 0 Å². The average molecular weight is 473 g/mol. The fraction of sp³-hybridized carbons (Fsp3) is 0.250. The van der Waals surface area contributed by atoms with Gasteiger partial charge in [-0.05, 0) is 43.2 Å². The summed E-state index contributed by atoms with van der Waals surface area (Å²) in [5, 5.41) is 4.62. The second-order valence-electron chi connectivity index (χ2n) is 6.90. The van der Waals surface area contributed by atoms with Crippen molar-refractivity contribution >= 4 is 40.7 Å². The van der Waals surface area contributed by atoms with Crippen molar-refractivity contribution < 1.29 is 18.1 Å². The minimum absolute atomic E-state index is 0.0586. The van der Waals surface area contributed by atoms with Gasteiger partial charge in [0.1, 0.15) is 0 Å². The summed E-state index contributed by atoms with van der Waals surface area (Å²) in [4.78, 5) is 18.8. The van der Waals surface area contributed by atoms with Crippen molar-refractivity contribution in [2.75, 3.05) is 13.1 Å². The molecule has 30 heavy (non-hydrogen) atoms. The lowest BCUT2D eigenvalue weighted by Crippen LogP contribution is -2.38. The highest BCUT2D eigenvalue weighted by Gasteiger charge is 2.30. The normalized spacial score (nSPS) is 14.9. The zero-order valence-electron chi connectivity index (χ0n) is 15.3. The highest BCUT2D eigenvalue weighted by atomic mass is 35.5. The Morgan fingerprint density at radius 1 is 1.03 bits per heavy atom. The molecule has 1 amide bonds. The molecule has 0 unspecified atom stereocenters. The maximum absolute atomic E-state index is 13.4. The van der Waals surface area contributed by atoms with Gasteiger partial charge in [0.2, 0.25) is 11.7 Å². The van der Waals surface area contributed by atoms with Crippen molar-refractivity contribution in [1.29, 1.82) is 0 Å². The van der Waals surface area contributed by atoms with E-state index in [0.717, 1.165) is 12.1 Å². The third-order valence-corrected chi connectivity index (χ3v) is 5.79. The van der Waals surface area contributed by atoms with E-state index in [1.54, 1.807) is 4.90 Å². The second kappa shape index (κ2) is 8.49. The van der Waals surface area contributed by atoms with Crippen LogP contribution in [0, 0.1) is 11.6 Å². The minimum Gasteiger partial charge on any atom is -0.339 e. The maximum atomic E-state index is 13.4. The Kier molecular flexibility index (Phi) is 5.95. The summed E-state index contributed by atoms with van der Waals surface area (Å²) in [6.07, 6.45) is 1.18. The number of amides is 1. The molecule has 2 aromatic carbocycles. The van der Waals surface area contributed by atoms with E-state index in [2.05, 4.69) is 10.1 Å². The summed E-state index contributed by atoms with van der Waals surface area (Å²) in [5.41, 5.74) is 0.545. The van der Waals surface area contributed by atoms with Crippen LogP contribution in [0.2, 0.25) is 15.1 Å². The Morgan fingerprint density at radius 3 is 2.33 bits per heavy atom. The van der Waals surface area contributed by atoms with Gasteiger partial charge < -0.3 is 9.42 Å². The average Bonchev–Trinajstić information content (AvgIpc) is 3.19. The van der Waals surface area contributed by atoms with E-state index in [9.17, 15) is 13.6 Å². The van der Waals surface area contributed by atoms with Gasteiger partial charge in [0.15, 0.2) is 11.6 Å². The first-order chi connectivity index (χ1) is 14.3. The number of piperidine rings is 1. The van der Waals surface area contributed by atoms with E-state index in [1.165, 1.54) is 18.2 Å². The molecular formula is C20H14Cl3F2N3O2. The number of nitrogens with zero attached hydrogens (tertiary/aromatic N) is 3. The van der Waals surface area contributed by atoms with Crippen LogP contribution in [0.25, 0.3) is 11.4 Å². The predicted octanol–water partition coefficient (Wildman–Crippen LogP) is 5.99. The zero-order valence-corrected chi connectivity index (χ0v) is 17.6. The van der Waals surface area contributed by atoms with E-state index >= 15 is 0 Å². The molecule has 0 N–H and O–H groups in total. The molecule has 0 spiro atoms. The maximum Gasteiger partial charge on any atom is 0.256 e. The first kappa shape index (κ1) is 21.0. The molecule has 5 nitrogen and oxygen atoms in total. The lowest BCUT2D eigenvalue weighted by molar-refractivity contribution is 0.0705. The fourth-order valence-electron chi connectivity index (χ4n) is 3.39. The van der Waals surface area contributed by atoms with Crippen molar-refractivity contribution in [3.05, 3.63) is 68.5 Å². The van der Waals surface area contributed by atoms with Crippen LogP contribution in [0.4, 0.5) is 8.78 Å². The van der Waals surface area contributed by atoms with Crippen molar-refractivity contribution in [1.82, 2.24) is 15.0 Å². The Balaban J connectivity index is 1.45. The van der Waals surface area contributed by atoms with E-state index < -0.39 is 11.6 Å². The van der Waals surface area contributed by atoms with Crippen molar-refractivity contribution in [3.8, 4) is 11.4 Å². The van der Waals surface area contributed by atoms with E-state index in [0.29, 0.717) is 42.4 Å². The third kappa shape index (κ3) is 4.15. The number of aromatic nitrogens is 2. The van der Waals surface area contributed by atoms with Crippen LogP contribution in [-0.2, 0) is 0 Å². The van der Waals surface area contributed by atoms with Gasteiger partial charge in [-0.15, -0.1) is 0 Å². The number of benzene rings is 2. The first-order valence-electron chi connectivity index (χ1n) is 9.06. The van der Waals surface area contributed by atoms with Gasteiger partial charge >= 0.3 is 0 Å². The molecule has 0 saturated carbocycles. The van der Waals surface area contributed by atoms with Gasteiger partial charge in [-0.3, -0.25) is 4.79 Å². The molecule has 10 heteroatoms. The van der Waals surface area contributed by atoms with Crippen molar-refractivity contribution in [2.45, 2.75) is 18.8 Å². The Morgan fingerprint density at radius 2 is 1.70 bits per heavy atom. The topological polar surface area (TPSA) is 59.2 Å². The molecule has 1 aliphatic heterocycles. The van der Waals surface area contributed by atoms with Crippen LogP contribution in [-0.4, -0.2) is 34.0 Å². The number of hydrogen-bond donors (Lipinski definition) is 0. The fourth-order valence-corrected chi connectivity index (χ4v) is 4.37. The number of hydrogen-bond acceptors (Lipinski definition) is 4. The molecular weight excluding hydrogens is 459 g/mol. The number of likely N-dealkylation sites (tertiary alicyclic amines) is 1. The molecule has 1 saturated heterocycles. The summed E-state index contributed by atoms with van der Waals surface area (Å²) in [6, 6.07) is 6.37. The second-order valence-corrected chi connectivity index (χ2v) is 8.15. The van der Waals surface area contributed by atoms with Crippen LogP contribution >= 0.6 is 34.8 Å². The van der Waals surface area contributed by atoms with Gasteiger partial charge in [-0.2, -0.15) is 4.98 Å². The molecule has 2 heterocycles. The third-order valence-electron chi connectivity index (χ3n) is 4.97. The highest BCUT2D eigenvalue weighted by molar-refractivity contribution is 6.42. The molecule has 0 aliphatic carbocycles. The van der Waals surface area contributed by atoms with E-state index in [-0.39, 0.29) is 33.3 Å². The first-order valence-corrected chi connectivity index (χ1v) is 10.2. The molecule has 4 rings (SSSR count). The minimum atomic E-state index is -0.981. The molecule has 156 valence electrons. The smallest absolute Gasteiger partial charge is 0.256 e. The van der Waals surface area contributed by atoms with E-state index in [4.69, 9.17) is 39.3 Å². The van der Waals surface area contributed by atoms with Gasteiger partial charge in [0.25, 0.3) is 5.91 Å². The Labute approximate surface area is 185 Å². The molecule has 0 atom stereocenters. The van der Waals surface area contributed by atoms with Crippen LogP contribution in [0.3, 0.4) is 0 Å². The SMILES string of the molecule is O=C(c1c(Cl)cc(Cl)cc1Cl)N1CCC(c2nc(-c3ccc(F)c(F)c3)no2)CC1. The monoisotopic (exact) mass is 471 g/mol. The highest BCUT2D eigenvalue weighted by Crippen LogP contribution is 2.33. The quantitative estimate of drug-likeness (QED) is 0.469. The molecule has 1 aliphatic rings. The van der Waals surface area contributed by atoms with Gasteiger partial charge in [0.05, 0.1) is 15.6 Å². The summed E-state index contributed by atoms with van der Waals surface area (Å²) >= 11 is 18.2. The largest absolute Gasteiger partial charge is 0.339 e. The van der Waals surface area contributed by atoms with Gasteiger partial charge in [0, 0.05) is 29.6 Å². The zero-order chi connectivity index (χ0) is 21.4. The Hall–Kier alpha value is -2.22. The van der Waals surface area contributed by atoms with Gasteiger partial charge in [-0.1, -0.05) is 40.0 Å². The lowest BCUT2D eigenvalue weighted by atomic mass is 9.96. The summed E-state index contributed by atoms with van der Waals surface area (Å²) in [7, 11) is 0. The molecule has 0 bridgehead atoms. The van der Waals surface area contributed by atoms with Crippen LogP contribution in [0.5, 0.6) is 0 Å².